The molecule has 0 radical (unpaired) electrons. The Morgan fingerprint density at radius 2 is 1.16 bits per heavy atom. The highest BCUT2D eigenvalue weighted by Gasteiger charge is 2.25. The summed E-state index contributed by atoms with van der Waals surface area (Å²) in [6, 6.07) is 24.3. The van der Waals surface area contributed by atoms with E-state index in [1.165, 1.54) is 12.1 Å². The molecule has 0 amide bonds. The third-order valence-corrected chi connectivity index (χ3v) is 7.26. The summed E-state index contributed by atoms with van der Waals surface area (Å²) in [7, 11) is 5.82. The topological polar surface area (TPSA) is 70.7 Å². The Morgan fingerprint density at radius 3 is 1.62 bits per heavy atom. The van der Waals surface area contributed by atoms with Crippen LogP contribution in [0.5, 0.6) is 34.5 Å². The SMILES string of the molecule is CN(C)CCC(Oc1cccc2c1OCO2)c1ccccc1F.CNCCC(Oc1cccc2c1OCO2)c1ccccc1F. The number of hydrogen-bond acceptors (Lipinski definition) is 8. The van der Waals surface area contributed by atoms with E-state index in [0.29, 0.717) is 65.0 Å². The van der Waals surface area contributed by atoms with Gasteiger partial charge in [-0.05, 0) is 64.1 Å². The van der Waals surface area contributed by atoms with Crippen molar-refractivity contribution in [3.63, 3.8) is 0 Å². The van der Waals surface area contributed by atoms with E-state index in [1.807, 2.05) is 68.5 Å². The second-order valence-electron chi connectivity index (χ2n) is 10.7. The number of hydrogen-bond donors (Lipinski definition) is 1. The molecule has 8 nitrogen and oxygen atoms in total. The Labute approximate surface area is 262 Å². The molecule has 1 N–H and O–H groups in total. The van der Waals surface area contributed by atoms with Crippen LogP contribution in [-0.2, 0) is 0 Å². The van der Waals surface area contributed by atoms with Crippen LogP contribution in [0.1, 0.15) is 36.2 Å². The van der Waals surface area contributed by atoms with E-state index in [0.717, 1.165) is 6.54 Å². The number of halogens is 2. The number of rotatable bonds is 12. The highest BCUT2D eigenvalue weighted by molar-refractivity contribution is 5.53. The normalized spacial score (nSPS) is 14.0. The number of para-hydroxylation sites is 2. The molecule has 2 unspecified atom stereocenters. The van der Waals surface area contributed by atoms with Crippen LogP contribution in [0.4, 0.5) is 8.78 Å². The summed E-state index contributed by atoms with van der Waals surface area (Å²) in [5.74, 6) is 3.08. The van der Waals surface area contributed by atoms with Gasteiger partial charge in [0.1, 0.15) is 23.8 Å². The Balaban J connectivity index is 0.000000178. The van der Waals surface area contributed by atoms with Crippen molar-refractivity contribution in [3.05, 3.63) is 108 Å². The number of nitrogens with one attached hydrogen (secondary N) is 1. The van der Waals surface area contributed by atoms with Crippen molar-refractivity contribution in [3.8, 4) is 34.5 Å². The predicted molar refractivity (Wildman–Crippen MR) is 166 cm³/mol. The van der Waals surface area contributed by atoms with Gasteiger partial charge < -0.3 is 38.6 Å². The molecule has 0 aromatic heterocycles. The van der Waals surface area contributed by atoms with Crippen molar-refractivity contribution < 1.29 is 37.2 Å². The van der Waals surface area contributed by atoms with E-state index in [4.69, 9.17) is 28.4 Å². The zero-order valence-corrected chi connectivity index (χ0v) is 25.6. The molecular weight excluding hydrogens is 582 g/mol. The van der Waals surface area contributed by atoms with Gasteiger partial charge in [0.25, 0.3) is 0 Å². The molecule has 0 aliphatic carbocycles. The lowest BCUT2D eigenvalue weighted by Gasteiger charge is -2.22. The minimum Gasteiger partial charge on any atom is -0.482 e. The van der Waals surface area contributed by atoms with Crippen molar-refractivity contribution in [2.75, 3.05) is 47.8 Å². The number of ether oxygens (including phenoxy) is 6. The first-order valence-electron chi connectivity index (χ1n) is 14.8. The molecule has 0 fully saturated rings. The quantitative estimate of drug-likeness (QED) is 0.183. The molecule has 0 saturated heterocycles. The fourth-order valence-corrected chi connectivity index (χ4v) is 4.98. The van der Waals surface area contributed by atoms with Gasteiger partial charge in [0.05, 0.1) is 0 Å². The molecule has 6 rings (SSSR count). The molecule has 0 bridgehead atoms. The first-order valence-corrected chi connectivity index (χ1v) is 14.8. The van der Waals surface area contributed by atoms with Gasteiger partial charge in [0, 0.05) is 30.5 Å². The first-order chi connectivity index (χ1) is 21.9. The van der Waals surface area contributed by atoms with Crippen LogP contribution in [-0.4, -0.2) is 52.7 Å². The molecule has 2 aliphatic heterocycles. The second-order valence-corrected chi connectivity index (χ2v) is 10.7. The van der Waals surface area contributed by atoms with Gasteiger partial charge in [-0.25, -0.2) is 8.78 Å². The molecule has 2 atom stereocenters. The summed E-state index contributed by atoms with van der Waals surface area (Å²) in [5, 5.41) is 3.07. The van der Waals surface area contributed by atoms with Gasteiger partial charge in [0.2, 0.25) is 25.1 Å². The average Bonchev–Trinajstić information content (AvgIpc) is 3.73. The highest BCUT2D eigenvalue weighted by atomic mass is 19.1. The Morgan fingerprint density at radius 1 is 0.667 bits per heavy atom. The van der Waals surface area contributed by atoms with E-state index < -0.39 is 12.2 Å². The predicted octanol–water partition coefficient (Wildman–Crippen LogP) is 6.91. The molecule has 0 spiro atoms. The van der Waals surface area contributed by atoms with Crippen molar-refractivity contribution in [2.24, 2.45) is 0 Å². The molecule has 4 aromatic carbocycles. The minimum absolute atomic E-state index is 0.177. The maximum absolute atomic E-state index is 14.2. The summed E-state index contributed by atoms with van der Waals surface area (Å²) in [5.41, 5.74) is 1.08. The average molecular weight is 621 g/mol. The minimum atomic E-state index is -0.399. The van der Waals surface area contributed by atoms with Gasteiger partial charge in [0.15, 0.2) is 23.0 Å². The van der Waals surface area contributed by atoms with Crippen LogP contribution in [0.2, 0.25) is 0 Å². The fraction of sp³-hybridized carbons (Fsp3) is 0.314. The largest absolute Gasteiger partial charge is 0.482 e. The monoisotopic (exact) mass is 620 g/mol. The summed E-state index contributed by atoms with van der Waals surface area (Å²) in [6.45, 7) is 1.85. The maximum Gasteiger partial charge on any atom is 0.231 e. The van der Waals surface area contributed by atoms with Gasteiger partial charge in [-0.2, -0.15) is 0 Å². The first kappa shape index (κ1) is 31.9. The van der Waals surface area contributed by atoms with E-state index >= 15 is 0 Å². The zero-order chi connectivity index (χ0) is 31.6. The van der Waals surface area contributed by atoms with E-state index in [-0.39, 0.29) is 25.2 Å². The summed E-state index contributed by atoms with van der Waals surface area (Å²) >= 11 is 0. The lowest BCUT2D eigenvalue weighted by atomic mass is 10.1. The number of benzene rings is 4. The Hall–Kier alpha value is -4.54. The smallest absolute Gasteiger partial charge is 0.231 e. The van der Waals surface area contributed by atoms with Crippen LogP contribution in [0, 0.1) is 11.6 Å². The highest BCUT2D eigenvalue weighted by Crippen LogP contribution is 2.44. The molecule has 10 heteroatoms. The molecule has 4 aromatic rings. The molecular formula is C35H38F2N2O6. The lowest BCUT2D eigenvalue weighted by molar-refractivity contribution is 0.151. The van der Waals surface area contributed by atoms with Gasteiger partial charge in [-0.3, -0.25) is 0 Å². The standard InChI is InChI=1S/C18H20FNO3.C17H18FNO3/c1-20(2)11-10-15(13-6-3-4-7-14(13)19)23-17-9-5-8-16-18(17)22-12-21-16;1-19-10-9-14(12-5-2-3-6-13(12)18)22-16-8-4-7-15-17(16)21-11-20-15/h3-9,15H,10-12H2,1-2H3;2-8,14,19H,9-11H2,1H3. The maximum atomic E-state index is 14.2. The number of nitrogens with zero attached hydrogens (tertiary/aromatic N) is 1. The summed E-state index contributed by atoms with van der Waals surface area (Å²) in [4.78, 5) is 2.05. The third-order valence-electron chi connectivity index (χ3n) is 7.26. The summed E-state index contributed by atoms with van der Waals surface area (Å²) < 4.78 is 62.0. The Kier molecular flexibility index (Phi) is 10.9. The van der Waals surface area contributed by atoms with Crippen molar-refractivity contribution in [2.45, 2.75) is 25.0 Å². The Bertz CT molecular complexity index is 1550. The lowest BCUT2D eigenvalue weighted by Crippen LogP contribution is -2.19. The van der Waals surface area contributed by atoms with Crippen LogP contribution >= 0.6 is 0 Å². The van der Waals surface area contributed by atoms with Crippen LogP contribution < -0.4 is 33.7 Å². The molecule has 2 aliphatic rings. The van der Waals surface area contributed by atoms with E-state index in [1.54, 1.807) is 30.3 Å². The van der Waals surface area contributed by atoms with Crippen molar-refractivity contribution >= 4 is 0 Å². The third kappa shape index (κ3) is 8.14. The van der Waals surface area contributed by atoms with Crippen molar-refractivity contribution in [1.82, 2.24) is 10.2 Å². The van der Waals surface area contributed by atoms with Crippen LogP contribution in [0.3, 0.4) is 0 Å². The zero-order valence-electron chi connectivity index (χ0n) is 25.6. The van der Waals surface area contributed by atoms with E-state index in [9.17, 15) is 8.78 Å². The van der Waals surface area contributed by atoms with Crippen LogP contribution in [0.25, 0.3) is 0 Å². The number of fused-ring (bicyclic) bond motifs is 2. The van der Waals surface area contributed by atoms with E-state index in [2.05, 4.69) is 5.32 Å². The van der Waals surface area contributed by atoms with Crippen molar-refractivity contribution in [1.29, 1.82) is 0 Å². The second kappa shape index (κ2) is 15.5. The van der Waals surface area contributed by atoms with Gasteiger partial charge >= 0.3 is 0 Å². The molecule has 238 valence electrons. The fourth-order valence-electron chi connectivity index (χ4n) is 4.98. The van der Waals surface area contributed by atoms with Gasteiger partial charge in [-0.1, -0.05) is 48.5 Å². The summed E-state index contributed by atoms with van der Waals surface area (Å²) in [6.07, 6.45) is 0.513. The van der Waals surface area contributed by atoms with Gasteiger partial charge in [-0.15, -0.1) is 0 Å². The molecule has 2 heterocycles. The molecule has 45 heavy (non-hydrogen) atoms. The van der Waals surface area contributed by atoms with Crippen LogP contribution in [0.15, 0.2) is 84.9 Å². The molecule has 0 saturated carbocycles.